The van der Waals surface area contributed by atoms with Crippen molar-refractivity contribution in [3.8, 4) is 0 Å². The van der Waals surface area contributed by atoms with E-state index in [9.17, 15) is 13.2 Å². The van der Waals surface area contributed by atoms with E-state index in [2.05, 4.69) is 5.32 Å². The third-order valence-electron chi connectivity index (χ3n) is 3.53. The summed E-state index contributed by atoms with van der Waals surface area (Å²) in [6.07, 6.45) is 0. The van der Waals surface area contributed by atoms with Crippen LogP contribution in [0.25, 0.3) is 0 Å². The quantitative estimate of drug-likeness (QED) is 0.716. The number of hydrogen-bond acceptors (Lipinski definition) is 5. The van der Waals surface area contributed by atoms with E-state index in [4.69, 9.17) is 4.74 Å². The minimum absolute atomic E-state index is 0.0303. The van der Waals surface area contributed by atoms with Gasteiger partial charge in [-0.2, -0.15) is 0 Å². The standard InChI is InChI=1S/C11H20N2O4S/c1-9-6-18(15,16)4-3-13(9)10(14)5-17-11(2)7-12-8-11/h9,12H,3-8H2,1-2H3. The van der Waals surface area contributed by atoms with Gasteiger partial charge in [0.1, 0.15) is 6.61 Å². The summed E-state index contributed by atoms with van der Waals surface area (Å²) in [5, 5.41) is 3.10. The van der Waals surface area contributed by atoms with Crippen molar-refractivity contribution >= 4 is 15.7 Å². The van der Waals surface area contributed by atoms with Gasteiger partial charge in [-0.3, -0.25) is 4.79 Å². The van der Waals surface area contributed by atoms with Crippen molar-refractivity contribution in [2.45, 2.75) is 25.5 Å². The normalized spacial score (nSPS) is 29.7. The van der Waals surface area contributed by atoms with Gasteiger partial charge in [0.2, 0.25) is 5.91 Å². The first-order chi connectivity index (χ1) is 8.31. The van der Waals surface area contributed by atoms with E-state index in [0.717, 1.165) is 13.1 Å². The van der Waals surface area contributed by atoms with Gasteiger partial charge < -0.3 is 15.0 Å². The molecule has 0 spiro atoms. The summed E-state index contributed by atoms with van der Waals surface area (Å²) in [5.74, 6) is -0.00930. The van der Waals surface area contributed by atoms with E-state index in [0.29, 0.717) is 0 Å². The predicted molar refractivity (Wildman–Crippen MR) is 67.1 cm³/mol. The molecule has 6 nitrogen and oxygen atoms in total. The van der Waals surface area contributed by atoms with Crippen LogP contribution in [0.2, 0.25) is 0 Å². The van der Waals surface area contributed by atoms with Crippen molar-refractivity contribution in [1.82, 2.24) is 10.2 Å². The zero-order chi connectivity index (χ0) is 13.4. The second-order valence-electron chi connectivity index (χ2n) is 5.39. The van der Waals surface area contributed by atoms with Gasteiger partial charge in [0.05, 0.1) is 17.1 Å². The molecule has 0 bridgehead atoms. The topological polar surface area (TPSA) is 75.7 Å². The molecule has 0 aliphatic carbocycles. The van der Waals surface area contributed by atoms with Crippen LogP contribution in [-0.2, 0) is 19.4 Å². The van der Waals surface area contributed by atoms with Gasteiger partial charge in [0, 0.05) is 25.7 Å². The molecule has 1 atom stereocenters. The van der Waals surface area contributed by atoms with E-state index >= 15 is 0 Å². The smallest absolute Gasteiger partial charge is 0.248 e. The zero-order valence-corrected chi connectivity index (χ0v) is 11.6. The van der Waals surface area contributed by atoms with Crippen LogP contribution in [0, 0.1) is 0 Å². The Hall–Kier alpha value is -0.660. The van der Waals surface area contributed by atoms with Crippen LogP contribution in [0.5, 0.6) is 0 Å². The van der Waals surface area contributed by atoms with Crippen LogP contribution in [-0.4, -0.2) is 68.6 Å². The van der Waals surface area contributed by atoms with Gasteiger partial charge in [0.25, 0.3) is 0 Å². The van der Waals surface area contributed by atoms with Crippen LogP contribution in [0.3, 0.4) is 0 Å². The van der Waals surface area contributed by atoms with Crippen LogP contribution < -0.4 is 5.32 Å². The summed E-state index contributed by atoms with van der Waals surface area (Å²) in [6, 6.07) is -0.257. The van der Waals surface area contributed by atoms with Crippen molar-refractivity contribution in [2.24, 2.45) is 0 Å². The molecule has 1 N–H and O–H groups in total. The Morgan fingerprint density at radius 3 is 2.67 bits per heavy atom. The van der Waals surface area contributed by atoms with E-state index in [-0.39, 0.29) is 42.2 Å². The van der Waals surface area contributed by atoms with Gasteiger partial charge in [-0.1, -0.05) is 0 Å². The molecule has 0 aromatic heterocycles. The summed E-state index contributed by atoms with van der Waals surface area (Å²) in [4.78, 5) is 13.6. The van der Waals surface area contributed by atoms with E-state index < -0.39 is 9.84 Å². The first-order valence-electron chi connectivity index (χ1n) is 6.16. The molecular weight excluding hydrogens is 256 g/mol. The second kappa shape index (κ2) is 4.79. The Morgan fingerprint density at radius 1 is 1.50 bits per heavy atom. The second-order valence-corrected chi connectivity index (χ2v) is 7.62. The van der Waals surface area contributed by atoms with Gasteiger partial charge in [-0.15, -0.1) is 0 Å². The average molecular weight is 276 g/mol. The van der Waals surface area contributed by atoms with Crippen molar-refractivity contribution in [3.63, 3.8) is 0 Å². The number of amides is 1. The first kappa shape index (κ1) is 13.8. The first-order valence-corrected chi connectivity index (χ1v) is 7.98. The van der Waals surface area contributed by atoms with Crippen molar-refractivity contribution in [2.75, 3.05) is 37.7 Å². The zero-order valence-electron chi connectivity index (χ0n) is 10.8. The number of hydrogen-bond donors (Lipinski definition) is 1. The molecule has 1 amide bonds. The maximum Gasteiger partial charge on any atom is 0.248 e. The monoisotopic (exact) mass is 276 g/mol. The van der Waals surface area contributed by atoms with Crippen molar-refractivity contribution in [3.05, 3.63) is 0 Å². The molecule has 2 fully saturated rings. The molecule has 18 heavy (non-hydrogen) atoms. The van der Waals surface area contributed by atoms with Crippen LogP contribution >= 0.6 is 0 Å². The van der Waals surface area contributed by atoms with Crippen LogP contribution in [0.4, 0.5) is 0 Å². The average Bonchev–Trinajstić information content (AvgIpc) is 2.22. The lowest BCUT2D eigenvalue weighted by atomic mass is 10.0. The SMILES string of the molecule is CC1CS(=O)(=O)CCN1C(=O)COC1(C)CNC1. The highest BCUT2D eigenvalue weighted by molar-refractivity contribution is 7.91. The van der Waals surface area contributed by atoms with Gasteiger partial charge in [0.15, 0.2) is 9.84 Å². The number of rotatable bonds is 3. The fourth-order valence-electron chi connectivity index (χ4n) is 2.27. The summed E-state index contributed by atoms with van der Waals surface area (Å²) in [6.45, 7) is 5.54. The number of ether oxygens (including phenoxy) is 1. The van der Waals surface area contributed by atoms with Crippen molar-refractivity contribution in [1.29, 1.82) is 0 Å². The number of nitrogens with one attached hydrogen (secondary N) is 1. The number of carbonyl (C=O) groups is 1. The highest BCUT2D eigenvalue weighted by Gasteiger charge is 2.35. The maximum atomic E-state index is 12.0. The third kappa shape index (κ3) is 3.02. The van der Waals surface area contributed by atoms with E-state index in [1.165, 1.54) is 0 Å². The molecular formula is C11H20N2O4S. The third-order valence-corrected chi connectivity index (χ3v) is 5.33. The Morgan fingerprint density at radius 2 is 2.17 bits per heavy atom. The minimum Gasteiger partial charge on any atom is -0.363 e. The highest BCUT2D eigenvalue weighted by Crippen LogP contribution is 2.17. The van der Waals surface area contributed by atoms with E-state index in [1.54, 1.807) is 11.8 Å². The maximum absolute atomic E-state index is 12.0. The number of carbonyl (C=O) groups excluding carboxylic acids is 1. The summed E-state index contributed by atoms with van der Waals surface area (Å²) < 4.78 is 28.4. The molecule has 0 aromatic rings. The Balaban J connectivity index is 1.86. The van der Waals surface area contributed by atoms with Crippen molar-refractivity contribution < 1.29 is 17.9 Å². The summed E-state index contributed by atoms with van der Waals surface area (Å²) in [7, 11) is -2.98. The molecule has 104 valence electrons. The summed E-state index contributed by atoms with van der Waals surface area (Å²) in [5.41, 5.74) is -0.249. The lowest BCUT2D eigenvalue weighted by Gasteiger charge is -2.40. The number of nitrogens with zero attached hydrogens (tertiary/aromatic N) is 1. The molecule has 7 heteroatoms. The Bertz CT molecular complexity index is 430. The fourth-order valence-corrected chi connectivity index (χ4v) is 3.82. The molecule has 0 saturated carbocycles. The lowest BCUT2D eigenvalue weighted by molar-refractivity contribution is -0.147. The van der Waals surface area contributed by atoms with Crippen LogP contribution in [0.15, 0.2) is 0 Å². The summed E-state index contributed by atoms with van der Waals surface area (Å²) >= 11 is 0. The Labute approximate surface area is 108 Å². The largest absolute Gasteiger partial charge is 0.363 e. The van der Waals surface area contributed by atoms with Gasteiger partial charge >= 0.3 is 0 Å². The highest BCUT2D eigenvalue weighted by atomic mass is 32.2. The Kier molecular flexibility index (Phi) is 3.66. The van der Waals surface area contributed by atoms with E-state index in [1.807, 2.05) is 6.92 Å². The predicted octanol–water partition coefficient (Wildman–Crippen LogP) is -0.990. The fraction of sp³-hybridized carbons (Fsp3) is 0.909. The molecule has 2 saturated heterocycles. The number of sulfone groups is 1. The molecule has 2 heterocycles. The molecule has 2 aliphatic rings. The molecule has 1 unspecified atom stereocenters. The lowest BCUT2D eigenvalue weighted by Crippen LogP contribution is -2.60. The molecule has 0 radical (unpaired) electrons. The van der Waals surface area contributed by atoms with Gasteiger partial charge in [-0.25, -0.2) is 8.42 Å². The van der Waals surface area contributed by atoms with Gasteiger partial charge in [-0.05, 0) is 13.8 Å². The minimum atomic E-state index is -2.98. The molecule has 2 aliphatic heterocycles. The molecule has 0 aromatic carbocycles. The van der Waals surface area contributed by atoms with Crippen LogP contribution in [0.1, 0.15) is 13.8 Å². The molecule has 2 rings (SSSR count).